The van der Waals surface area contributed by atoms with Gasteiger partial charge in [0.2, 0.25) is 0 Å². The van der Waals surface area contributed by atoms with Gasteiger partial charge in [0.1, 0.15) is 6.54 Å². The molecule has 120 valence electrons. The first-order valence-corrected chi connectivity index (χ1v) is 9.32. The highest BCUT2D eigenvalue weighted by molar-refractivity contribution is 5.21. The number of aryl methyl sites for hydroxylation is 3. The van der Waals surface area contributed by atoms with Crippen LogP contribution in [0.15, 0.2) is 18.5 Å². The molecule has 1 heterocycles. The van der Waals surface area contributed by atoms with Gasteiger partial charge in [0.15, 0.2) is 12.4 Å². The number of hydrogen-bond acceptors (Lipinski definition) is 0. The molecule has 1 nitrogen and oxygen atoms in total. The lowest BCUT2D eigenvalue weighted by molar-refractivity contribution is -0.697. The van der Waals surface area contributed by atoms with Crippen LogP contribution in [0.25, 0.3) is 0 Å². The summed E-state index contributed by atoms with van der Waals surface area (Å²) in [7, 11) is 0. The second-order valence-electron chi connectivity index (χ2n) is 6.35. The number of aromatic nitrogens is 1. The number of nitrogens with zero attached hydrogens (tertiary/aromatic N) is 1. The summed E-state index contributed by atoms with van der Waals surface area (Å²) in [6.45, 7) is 7.98. The van der Waals surface area contributed by atoms with Crippen LogP contribution < -0.4 is 4.57 Å². The Labute approximate surface area is 132 Å². The maximum absolute atomic E-state index is 2.42. The summed E-state index contributed by atoms with van der Waals surface area (Å²) in [6.07, 6.45) is 19.4. The molecule has 0 saturated heterocycles. The van der Waals surface area contributed by atoms with E-state index in [1.54, 1.807) is 11.1 Å². The van der Waals surface area contributed by atoms with Crippen molar-refractivity contribution in [3.05, 3.63) is 29.6 Å². The zero-order valence-corrected chi connectivity index (χ0v) is 14.7. The molecule has 0 aliphatic rings. The zero-order chi connectivity index (χ0) is 15.3. The van der Waals surface area contributed by atoms with Crippen molar-refractivity contribution in [1.82, 2.24) is 0 Å². The van der Waals surface area contributed by atoms with Gasteiger partial charge in [-0.1, -0.05) is 59.3 Å². The molecule has 1 aromatic heterocycles. The highest BCUT2D eigenvalue weighted by atomic mass is 14.9. The molecule has 0 radical (unpaired) electrons. The lowest BCUT2D eigenvalue weighted by atomic mass is 9.98. The molecule has 0 fully saturated rings. The Bertz CT molecular complexity index is 370. The third-order valence-corrected chi connectivity index (χ3v) is 4.28. The van der Waals surface area contributed by atoms with E-state index < -0.39 is 0 Å². The third-order valence-electron chi connectivity index (χ3n) is 4.28. The van der Waals surface area contributed by atoms with E-state index in [0.29, 0.717) is 0 Å². The summed E-state index contributed by atoms with van der Waals surface area (Å²) >= 11 is 0. The van der Waals surface area contributed by atoms with Gasteiger partial charge in [0, 0.05) is 18.1 Å². The van der Waals surface area contributed by atoms with Crippen LogP contribution in [0, 0.1) is 0 Å². The van der Waals surface area contributed by atoms with Gasteiger partial charge in [-0.25, -0.2) is 4.57 Å². The third kappa shape index (κ3) is 7.64. The van der Waals surface area contributed by atoms with Crippen LogP contribution in [0.2, 0.25) is 0 Å². The summed E-state index contributed by atoms with van der Waals surface area (Å²) in [4.78, 5) is 0. The fraction of sp³-hybridized carbons (Fsp3) is 0.750. The Hall–Kier alpha value is -0.850. The molecule has 0 atom stereocenters. The Morgan fingerprint density at radius 2 is 1.33 bits per heavy atom. The summed E-state index contributed by atoms with van der Waals surface area (Å²) in [5, 5.41) is 0. The number of rotatable bonds is 12. The fourth-order valence-corrected chi connectivity index (χ4v) is 2.97. The Morgan fingerprint density at radius 1 is 0.714 bits per heavy atom. The standard InChI is InChI=1S/C20H36N/c1-4-7-9-11-13-19-15-17-21(16-6-3)18-20(19)14-12-10-8-5-2/h15,17-18H,4-14,16H2,1-3H3/q+1. The molecule has 0 aliphatic heterocycles. The van der Waals surface area contributed by atoms with Crippen LogP contribution in [0.3, 0.4) is 0 Å². The maximum Gasteiger partial charge on any atom is 0.172 e. The molecule has 21 heavy (non-hydrogen) atoms. The first-order chi connectivity index (χ1) is 10.3. The van der Waals surface area contributed by atoms with Crippen LogP contribution in [0.4, 0.5) is 0 Å². The normalized spacial score (nSPS) is 11.0. The maximum atomic E-state index is 2.42. The molecule has 0 aromatic carbocycles. The Morgan fingerprint density at radius 3 is 1.90 bits per heavy atom. The van der Waals surface area contributed by atoms with E-state index in [1.807, 2.05) is 0 Å². The summed E-state index contributed by atoms with van der Waals surface area (Å²) in [5.74, 6) is 0. The quantitative estimate of drug-likeness (QED) is 0.347. The molecule has 0 amide bonds. The summed E-state index contributed by atoms with van der Waals surface area (Å²) in [6, 6.07) is 2.39. The van der Waals surface area contributed by atoms with Crippen molar-refractivity contribution in [1.29, 1.82) is 0 Å². The van der Waals surface area contributed by atoms with E-state index in [-0.39, 0.29) is 0 Å². The van der Waals surface area contributed by atoms with Gasteiger partial charge in [-0.3, -0.25) is 0 Å². The van der Waals surface area contributed by atoms with Crippen LogP contribution in [-0.2, 0) is 19.4 Å². The molecule has 0 N–H and O–H groups in total. The van der Waals surface area contributed by atoms with E-state index in [0.717, 1.165) is 6.54 Å². The molecule has 0 spiro atoms. The van der Waals surface area contributed by atoms with Crippen LogP contribution in [0.1, 0.15) is 89.7 Å². The van der Waals surface area contributed by atoms with Crippen molar-refractivity contribution in [2.24, 2.45) is 0 Å². The SMILES string of the molecule is CCCCCCc1cc[n+](CCC)cc1CCCCCC. The van der Waals surface area contributed by atoms with Crippen molar-refractivity contribution in [3.8, 4) is 0 Å². The molecule has 1 heteroatoms. The topological polar surface area (TPSA) is 3.88 Å². The minimum atomic E-state index is 1.15. The number of pyridine rings is 1. The van der Waals surface area contributed by atoms with Gasteiger partial charge in [-0.2, -0.15) is 0 Å². The second-order valence-corrected chi connectivity index (χ2v) is 6.35. The van der Waals surface area contributed by atoms with Crippen molar-refractivity contribution in [2.75, 3.05) is 0 Å². The van der Waals surface area contributed by atoms with Crippen molar-refractivity contribution >= 4 is 0 Å². The van der Waals surface area contributed by atoms with Gasteiger partial charge in [0.05, 0.1) is 0 Å². The van der Waals surface area contributed by atoms with Crippen molar-refractivity contribution < 1.29 is 4.57 Å². The van der Waals surface area contributed by atoms with E-state index in [4.69, 9.17) is 0 Å². The van der Waals surface area contributed by atoms with Gasteiger partial charge >= 0.3 is 0 Å². The summed E-state index contributed by atoms with van der Waals surface area (Å²) in [5.41, 5.74) is 3.22. The Balaban J connectivity index is 2.60. The fourth-order valence-electron chi connectivity index (χ4n) is 2.97. The molecule has 1 aromatic rings. The zero-order valence-electron chi connectivity index (χ0n) is 14.7. The van der Waals surface area contributed by atoms with Crippen LogP contribution in [0.5, 0.6) is 0 Å². The minimum Gasteiger partial charge on any atom is -0.205 e. The monoisotopic (exact) mass is 290 g/mol. The lowest BCUT2D eigenvalue weighted by Gasteiger charge is -2.09. The lowest BCUT2D eigenvalue weighted by Crippen LogP contribution is -2.33. The summed E-state index contributed by atoms with van der Waals surface area (Å²) < 4.78 is 2.38. The van der Waals surface area contributed by atoms with Gasteiger partial charge in [-0.15, -0.1) is 0 Å². The van der Waals surface area contributed by atoms with Crippen molar-refractivity contribution in [3.63, 3.8) is 0 Å². The molecule has 0 bridgehead atoms. The van der Waals surface area contributed by atoms with Gasteiger partial charge in [0.25, 0.3) is 0 Å². The van der Waals surface area contributed by atoms with Gasteiger partial charge < -0.3 is 0 Å². The second kappa shape index (κ2) is 11.8. The van der Waals surface area contributed by atoms with E-state index in [2.05, 4.69) is 43.8 Å². The molecule has 0 unspecified atom stereocenters. The molecule has 0 saturated carbocycles. The highest BCUT2D eigenvalue weighted by Crippen LogP contribution is 2.15. The van der Waals surface area contributed by atoms with Crippen LogP contribution in [-0.4, -0.2) is 0 Å². The smallest absolute Gasteiger partial charge is 0.172 e. The average Bonchev–Trinajstić information content (AvgIpc) is 2.50. The van der Waals surface area contributed by atoms with Crippen molar-refractivity contribution in [2.45, 2.75) is 97.9 Å². The molecule has 0 aliphatic carbocycles. The van der Waals surface area contributed by atoms with Gasteiger partial charge in [-0.05, 0) is 31.2 Å². The molecular formula is C20H36N+. The van der Waals surface area contributed by atoms with E-state index in [9.17, 15) is 0 Å². The number of unbranched alkanes of at least 4 members (excludes halogenated alkanes) is 6. The first kappa shape index (κ1) is 18.2. The Kier molecular flexibility index (Phi) is 10.2. The van der Waals surface area contributed by atoms with Crippen LogP contribution >= 0.6 is 0 Å². The minimum absolute atomic E-state index is 1.15. The predicted molar refractivity (Wildman–Crippen MR) is 92.6 cm³/mol. The average molecular weight is 291 g/mol. The number of hydrogen-bond donors (Lipinski definition) is 0. The van der Waals surface area contributed by atoms with E-state index >= 15 is 0 Å². The predicted octanol–water partition coefficient (Wildman–Crippen LogP) is 5.63. The molecular weight excluding hydrogens is 254 g/mol. The largest absolute Gasteiger partial charge is 0.205 e. The highest BCUT2D eigenvalue weighted by Gasteiger charge is 2.09. The first-order valence-electron chi connectivity index (χ1n) is 9.32. The molecule has 1 rings (SSSR count). The van der Waals surface area contributed by atoms with E-state index in [1.165, 1.54) is 70.6 Å².